The van der Waals surface area contributed by atoms with E-state index in [1.54, 1.807) is 0 Å². The highest BCUT2D eigenvalue weighted by Gasteiger charge is 2.31. The van der Waals surface area contributed by atoms with Gasteiger partial charge in [0.25, 0.3) is 0 Å². The Morgan fingerprint density at radius 1 is 1.44 bits per heavy atom. The molecule has 84 valence electrons. The lowest BCUT2D eigenvalue weighted by molar-refractivity contribution is -0.120. The predicted octanol–water partition coefficient (Wildman–Crippen LogP) is 1.59. The number of hydrogen-bond donors (Lipinski definition) is 1. The maximum Gasteiger partial charge on any atom is 0.239 e. The molecule has 3 nitrogen and oxygen atoms in total. The van der Waals surface area contributed by atoms with Crippen molar-refractivity contribution in [3.8, 4) is 0 Å². The van der Waals surface area contributed by atoms with Crippen molar-refractivity contribution in [2.75, 3.05) is 18.0 Å². The fourth-order valence-corrected chi connectivity index (χ4v) is 2.77. The summed E-state index contributed by atoms with van der Waals surface area (Å²) in [5.74, 6) is 0.110. The largest absolute Gasteiger partial charge is 0.357 e. The number of hydrogen-bond acceptors (Lipinski definition) is 2. The van der Waals surface area contributed by atoms with E-state index in [4.69, 9.17) is 11.6 Å². The van der Waals surface area contributed by atoms with E-state index in [1.165, 1.54) is 11.3 Å². The third kappa shape index (κ3) is 1.55. The number of carbonyl (C=O) groups excluding carboxylic acids is 1. The lowest BCUT2D eigenvalue weighted by Crippen LogP contribution is -2.56. The minimum Gasteiger partial charge on any atom is -0.357 e. The summed E-state index contributed by atoms with van der Waals surface area (Å²) in [7, 11) is 0. The van der Waals surface area contributed by atoms with Gasteiger partial charge in [-0.2, -0.15) is 0 Å². The van der Waals surface area contributed by atoms with Gasteiger partial charge in [-0.15, -0.1) is 0 Å². The molecule has 1 unspecified atom stereocenters. The second kappa shape index (κ2) is 3.67. The van der Waals surface area contributed by atoms with Crippen molar-refractivity contribution in [1.82, 2.24) is 5.32 Å². The number of aryl methyl sites for hydroxylation is 1. The molecule has 0 bridgehead atoms. The van der Waals surface area contributed by atoms with Crippen molar-refractivity contribution in [1.29, 1.82) is 0 Å². The number of amides is 1. The molecule has 2 aliphatic heterocycles. The van der Waals surface area contributed by atoms with Crippen LogP contribution in [0.25, 0.3) is 0 Å². The van der Waals surface area contributed by atoms with Crippen LogP contribution < -0.4 is 10.2 Å². The fraction of sp³-hybridized carbons (Fsp3) is 0.417. The number of halogens is 1. The Balaban J connectivity index is 2.00. The summed E-state index contributed by atoms with van der Waals surface area (Å²) in [6.45, 7) is 1.24. The minimum absolute atomic E-state index is 0.110. The fourth-order valence-electron chi connectivity index (χ4n) is 2.58. The van der Waals surface area contributed by atoms with E-state index in [0.29, 0.717) is 12.6 Å². The molecule has 0 aliphatic carbocycles. The summed E-state index contributed by atoms with van der Waals surface area (Å²) in [4.78, 5) is 13.6. The molecular weight excluding hydrogens is 224 g/mol. The quantitative estimate of drug-likeness (QED) is 0.742. The van der Waals surface area contributed by atoms with E-state index in [0.717, 1.165) is 24.4 Å². The minimum atomic E-state index is 0.110. The molecule has 4 heteroatoms. The van der Waals surface area contributed by atoms with Gasteiger partial charge in [0.15, 0.2) is 0 Å². The van der Waals surface area contributed by atoms with Crippen LogP contribution in [-0.2, 0) is 11.2 Å². The lowest BCUT2D eigenvalue weighted by Gasteiger charge is -2.41. The van der Waals surface area contributed by atoms with Gasteiger partial charge < -0.3 is 10.2 Å². The molecule has 0 spiro atoms. The van der Waals surface area contributed by atoms with Crippen molar-refractivity contribution in [2.45, 2.75) is 18.9 Å². The molecule has 1 fully saturated rings. The van der Waals surface area contributed by atoms with Crippen LogP contribution in [0.4, 0.5) is 5.69 Å². The van der Waals surface area contributed by atoms with Gasteiger partial charge in [0.1, 0.15) is 0 Å². The van der Waals surface area contributed by atoms with Crippen molar-refractivity contribution in [3.05, 3.63) is 28.8 Å². The highest BCUT2D eigenvalue weighted by molar-refractivity contribution is 6.30. The molecule has 16 heavy (non-hydrogen) atoms. The number of anilines is 1. The molecule has 2 aliphatic rings. The smallest absolute Gasteiger partial charge is 0.239 e. The van der Waals surface area contributed by atoms with Gasteiger partial charge >= 0.3 is 0 Å². The van der Waals surface area contributed by atoms with Gasteiger partial charge in [-0.05, 0) is 36.6 Å². The Labute approximate surface area is 99.4 Å². The zero-order chi connectivity index (χ0) is 11.1. The van der Waals surface area contributed by atoms with Crippen LogP contribution in [0.5, 0.6) is 0 Å². The van der Waals surface area contributed by atoms with Gasteiger partial charge in [0, 0.05) is 23.3 Å². The molecule has 0 radical (unpaired) electrons. The Morgan fingerprint density at radius 2 is 2.31 bits per heavy atom. The van der Waals surface area contributed by atoms with Crippen LogP contribution >= 0.6 is 11.6 Å². The molecule has 1 aromatic rings. The van der Waals surface area contributed by atoms with Gasteiger partial charge in [-0.1, -0.05) is 11.6 Å². The molecular formula is C12H13ClN2O. The number of piperazine rings is 1. The highest BCUT2D eigenvalue weighted by Crippen LogP contribution is 2.33. The normalized spacial score (nSPS) is 23.4. The van der Waals surface area contributed by atoms with Crippen LogP contribution in [0.3, 0.4) is 0 Å². The molecule has 3 rings (SSSR count). The van der Waals surface area contributed by atoms with Crippen molar-refractivity contribution in [3.63, 3.8) is 0 Å². The number of rotatable bonds is 0. The highest BCUT2D eigenvalue weighted by atomic mass is 35.5. The first kappa shape index (κ1) is 9.97. The standard InChI is InChI=1S/C12H13ClN2O/c13-9-2-4-11-8(5-9)1-3-10-6-14-12(16)7-15(10)11/h2,4-5,10H,1,3,6-7H2,(H,14,16). The van der Waals surface area contributed by atoms with E-state index in [2.05, 4.69) is 10.2 Å². The van der Waals surface area contributed by atoms with Crippen LogP contribution in [0.2, 0.25) is 5.02 Å². The summed E-state index contributed by atoms with van der Waals surface area (Å²) in [5, 5.41) is 3.69. The summed E-state index contributed by atoms with van der Waals surface area (Å²) >= 11 is 5.98. The number of nitrogens with zero attached hydrogens (tertiary/aromatic N) is 1. The third-order valence-electron chi connectivity index (χ3n) is 3.39. The van der Waals surface area contributed by atoms with Gasteiger partial charge in [-0.3, -0.25) is 4.79 Å². The first-order chi connectivity index (χ1) is 7.74. The maximum absolute atomic E-state index is 11.4. The molecule has 1 N–H and O–H groups in total. The van der Waals surface area contributed by atoms with Gasteiger partial charge in [0.05, 0.1) is 6.54 Å². The third-order valence-corrected chi connectivity index (χ3v) is 3.62. The molecule has 0 saturated carbocycles. The Hall–Kier alpha value is -1.22. The van der Waals surface area contributed by atoms with E-state index >= 15 is 0 Å². The molecule has 1 atom stereocenters. The van der Waals surface area contributed by atoms with E-state index in [-0.39, 0.29) is 5.91 Å². The summed E-state index contributed by atoms with van der Waals surface area (Å²) < 4.78 is 0. The van der Waals surface area contributed by atoms with Crippen molar-refractivity contribution in [2.24, 2.45) is 0 Å². The summed E-state index contributed by atoms with van der Waals surface area (Å²) in [6.07, 6.45) is 2.14. The maximum atomic E-state index is 11.4. The van der Waals surface area contributed by atoms with Crippen molar-refractivity contribution >= 4 is 23.2 Å². The Kier molecular flexibility index (Phi) is 2.28. The van der Waals surface area contributed by atoms with Crippen LogP contribution in [0.15, 0.2) is 18.2 Å². The van der Waals surface area contributed by atoms with Gasteiger partial charge in [0.2, 0.25) is 5.91 Å². The number of carbonyl (C=O) groups is 1. The first-order valence-electron chi connectivity index (χ1n) is 5.56. The number of nitrogens with one attached hydrogen (secondary N) is 1. The van der Waals surface area contributed by atoms with Crippen LogP contribution in [0.1, 0.15) is 12.0 Å². The Bertz CT molecular complexity index is 447. The molecule has 1 saturated heterocycles. The second-order valence-corrected chi connectivity index (χ2v) is 4.83. The number of benzene rings is 1. The van der Waals surface area contributed by atoms with Gasteiger partial charge in [-0.25, -0.2) is 0 Å². The predicted molar refractivity (Wildman–Crippen MR) is 63.9 cm³/mol. The summed E-state index contributed by atoms with van der Waals surface area (Å²) in [6, 6.07) is 6.39. The van der Waals surface area contributed by atoms with Crippen LogP contribution in [0, 0.1) is 0 Å². The molecule has 1 amide bonds. The SMILES string of the molecule is O=C1CN2c3ccc(Cl)cc3CCC2CN1. The monoisotopic (exact) mass is 236 g/mol. The van der Waals surface area contributed by atoms with E-state index in [1.807, 2.05) is 18.2 Å². The topological polar surface area (TPSA) is 32.3 Å². The average Bonchev–Trinajstić information content (AvgIpc) is 2.28. The van der Waals surface area contributed by atoms with E-state index < -0.39 is 0 Å². The molecule has 0 aromatic heterocycles. The summed E-state index contributed by atoms with van der Waals surface area (Å²) in [5.41, 5.74) is 2.44. The second-order valence-electron chi connectivity index (χ2n) is 4.40. The average molecular weight is 237 g/mol. The van der Waals surface area contributed by atoms with Crippen molar-refractivity contribution < 1.29 is 4.79 Å². The lowest BCUT2D eigenvalue weighted by atomic mass is 9.94. The zero-order valence-corrected chi connectivity index (χ0v) is 9.63. The van der Waals surface area contributed by atoms with E-state index in [9.17, 15) is 4.79 Å². The number of fused-ring (bicyclic) bond motifs is 3. The Morgan fingerprint density at radius 3 is 3.19 bits per heavy atom. The first-order valence-corrected chi connectivity index (χ1v) is 5.93. The zero-order valence-electron chi connectivity index (χ0n) is 8.87. The molecule has 1 aromatic carbocycles. The van der Waals surface area contributed by atoms with Crippen LogP contribution in [-0.4, -0.2) is 25.0 Å². The molecule has 2 heterocycles.